The molecule has 1 aromatic heterocycles. The van der Waals surface area contributed by atoms with Gasteiger partial charge in [-0.1, -0.05) is 36.4 Å². The van der Waals surface area contributed by atoms with Crippen molar-refractivity contribution in [3.05, 3.63) is 77.7 Å². The second-order valence-corrected chi connectivity index (χ2v) is 8.04. The van der Waals surface area contributed by atoms with Gasteiger partial charge in [0, 0.05) is 18.3 Å². The Labute approximate surface area is 150 Å². The fraction of sp³-hybridized carbons (Fsp3) is 0.0556. The van der Waals surface area contributed by atoms with Crippen molar-refractivity contribution in [1.29, 1.82) is 0 Å². The summed E-state index contributed by atoms with van der Waals surface area (Å²) >= 11 is 1.13. The largest absolute Gasteiger partial charge is 0.508 e. The molecule has 3 rings (SSSR count). The van der Waals surface area contributed by atoms with Gasteiger partial charge >= 0.3 is 0 Å². The molecule has 1 heterocycles. The molecule has 0 atom stereocenters. The van der Waals surface area contributed by atoms with Crippen LogP contribution in [-0.2, 0) is 10.0 Å². The van der Waals surface area contributed by atoms with Gasteiger partial charge in [0.25, 0.3) is 10.0 Å². The SMILES string of the molecule is CN(/C(=N/S(=O)(=O)c1cccs1)c1ccccc1)c1ccc(O)cc1. The van der Waals surface area contributed by atoms with Gasteiger partial charge in [-0.2, -0.15) is 8.42 Å². The van der Waals surface area contributed by atoms with E-state index >= 15 is 0 Å². The molecule has 0 aliphatic carbocycles. The Bertz CT molecular complexity index is 965. The monoisotopic (exact) mass is 372 g/mol. The number of phenolic OH excluding ortho intramolecular Hbond substituents is 1. The Hall–Kier alpha value is -2.64. The van der Waals surface area contributed by atoms with Crippen molar-refractivity contribution >= 4 is 32.9 Å². The lowest BCUT2D eigenvalue weighted by molar-refractivity contribution is 0.475. The smallest absolute Gasteiger partial charge is 0.293 e. The first-order valence-corrected chi connectivity index (χ1v) is 9.76. The third-order valence-corrected chi connectivity index (χ3v) is 6.18. The third-order valence-electron chi connectivity index (χ3n) is 3.54. The minimum atomic E-state index is -3.81. The van der Waals surface area contributed by atoms with Crippen LogP contribution in [0.5, 0.6) is 5.75 Å². The molecule has 0 saturated heterocycles. The van der Waals surface area contributed by atoms with E-state index < -0.39 is 10.0 Å². The van der Waals surface area contributed by atoms with Crippen molar-refractivity contribution in [3.8, 4) is 5.75 Å². The Morgan fingerprint density at radius 3 is 2.28 bits per heavy atom. The van der Waals surface area contributed by atoms with Crippen molar-refractivity contribution in [3.63, 3.8) is 0 Å². The molecular weight excluding hydrogens is 356 g/mol. The maximum Gasteiger partial charge on any atom is 0.293 e. The Morgan fingerprint density at radius 2 is 1.68 bits per heavy atom. The molecule has 0 bridgehead atoms. The summed E-state index contributed by atoms with van der Waals surface area (Å²) in [6, 6.07) is 18.8. The number of nitrogens with zero attached hydrogens (tertiary/aromatic N) is 2. The summed E-state index contributed by atoms with van der Waals surface area (Å²) in [4.78, 5) is 1.68. The highest BCUT2D eigenvalue weighted by Gasteiger charge is 2.19. The second kappa shape index (κ2) is 7.08. The van der Waals surface area contributed by atoms with E-state index in [9.17, 15) is 13.5 Å². The van der Waals surface area contributed by atoms with E-state index in [1.807, 2.05) is 18.2 Å². The van der Waals surface area contributed by atoms with Gasteiger partial charge in [-0.3, -0.25) is 0 Å². The minimum absolute atomic E-state index is 0.140. The summed E-state index contributed by atoms with van der Waals surface area (Å²) in [5.41, 5.74) is 1.39. The number of aromatic hydroxyl groups is 1. The first kappa shape index (κ1) is 17.2. The average molecular weight is 372 g/mol. The number of benzene rings is 2. The molecule has 0 amide bonds. The normalized spacial score (nSPS) is 12.1. The number of rotatable bonds is 4. The number of amidine groups is 1. The zero-order valence-corrected chi connectivity index (χ0v) is 15.0. The fourth-order valence-electron chi connectivity index (χ4n) is 2.26. The molecule has 7 heteroatoms. The Kier molecular flexibility index (Phi) is 4.87. The van der Waals surface area contributed by atoms with E-state index in [-0.39, 0.29) is 9.96 Å². The quantitative estimate of drug-likeness (QED) is 0.560. The molecule has 1 N–H and O–H groups in total. The molecule has 2 aromatic carbocycles. The first-order chi connectivity index (χ1) is 12.0. The zero-order chi connectivity index (χ0) is 17.9. The molecule has 0 fully saturated rings. The van der Waals surface area contributed by atoms with Crippen molar-refractivity contribution in [2.75, 3.05) is 11.9 Å². The first-order valence-electron chi connectivity index (χ1n) is 7.44. The summed E-state index contributed by atoms with van der Waals surface area (Å²) in [6.45, 7) is 0. The van der Waals surface area contributed by atoms with Crippen LogP contribution in [0.1, 0.15) is 5.56 Å². The molecule has 0 unspecified atom stereocenters. The molecule has 0 radical (unpaired) electrons. The lowest BCUT2D eigenvalue weighted by atomic mass is 10.2. The van der Waals surface area contributed by atoms with E-state index in [2.05, 4.69) is 4.40 Å². The predicted molar refractivity (Wildman–Crippen MR) is 101 cm³/mol. The molecule has 5 nitrogen and oxygen atoms in total. The van der Waals surface area contributed by atoms with Crippen LogP contribution in [0.4, 0.5) is 5.69 Å². The summed E-state index contributed by atoms with van der Waals surface area (Å²) in [5, 5.41) is 11.2. The second-order valence-electron chi connectivity index (χ2n) is 5.26. The van der Waals surface area contributed by atoms with E-state index in [1.54, 1.807) is 59.8 Å². The molecule has 0 aliphatic heterocycles. The number of sulfonamides is 1. The molecule has 0 saturated carbocycles. The lowest BCUT2D eigenvalue weighted by Crippen LogP contribution is -2.28. The summed E-state index contributed by atoms with van der Waals surface area (Å²) < 4.78 is 29.5. The van der Waals surface area contributed by atoms with Crippen LogP contribution < -0.4 is 4.90 Å². The van der Waals surface area contributed by atoms with E-state index in [4.69, 9.17) is 0 Å². The van der Waals surface area contributed by atoms with Gasteiger partial charge in [-0.25, -0.2) is 0 Å². The van der Waals surface area contributed by atoms with Crippen LogP contribution in [0.3, 0.4) is 0 Å². The predicted octanol–water partition coefficient (Wildman–Crippen LogP) is 3.73. The van der Waals surface area contributed by atoms with Crippen LogP contribution >= 0.6 is 11.3 Å². The fourth-order valence-corrected chi connectivity index (χ4v) is 4.27. The number of hydrogen-bond acceptors (Lipinski definition) is 4. The van der Waals surface area contributed by atoms with Gasteiger partial charge in [0.15, 0.2) is 5.84 Å². The molecular formula is C18H16N2O3S2. The zero-order valence-electron chi connectivity index (χ0n) is 13.4. The highest BCUT2D eigenvalue weighted by Crippen LogP contribution is 2.23. The van der Waals surface area contributed by atoms with Gasteiger partial charge < -0.3 is 10.0 Å². The third kappa shape index (κ3) is 3.89. The number of hydrogen-bond donors (Lipinski definition) is 1. The lowest BCUT2D eigenvalue weighted by Gasteiger charge is -2.21. The van der Waals surface area contributed by atoms with Crippen molar-refractivity contribution in [2.45, 2.75) is 4.21 Å². The maximum atomic E-state index is 12.6. The summed E-state index contributed by atoms with van der Waals surface area (Å²) in [6.07, 6.45) is 0. The van der Waals surface area contributed by atoms with Crippen LogP contribution in [0.15, 0.2) is 80.7 Å². The maximum absolute atomic E-state index is 12.6. The van der Waals surface area contributed by atoms with Gasteiger partial charge in [0.2, 0.25) is 0 Å². The summed E-state index contributed by atoms with van der Waals surface area (Å²) in [5.74, 6) is 0.446. The van der Waals surface area contributed by atoms with Crippen molar-refractivity contribution in [2.24, 2.45) is 4.40 Å². The van der Waals surface area contributed by atoms with E-state index in [0.717, 1.165) is 11.3 Å². The standard InChI is InChI=1S/C18H16N2O3S2/c1-20(15-9-11-16(21)12-10-15)18(14-6-3-2-4-7-14)19-25(22,23)17-8-5-13-24-17/h2-13,21H,1H3/b19-18+. The van der Waals surface area contributed by atoms with Gasteiger partial charge in [0.1, 0.15) is 9.96 Å². The van der Waals surface area contributed by atoms with Crippen LogP contribution in [0.25, 0.3) is 0 Å². The number of thiophene rings is 1. The molecule has 128 valence electrons. The van der Waals surface area contributed by atoms with Crippen molar-refractivity contribution < 1.29 is 13.5 Å². The van der Waals surface area contributed by atoms with E-state index in [0.29, 0.717) is 17.1 Å². The van der Waals surface area contributed by atoms with Crippen molar-refractivity contribution in [1.82, 2.24) is 0 Å². The highest BCUT2D eigenvalue weighted by molar-refractivity contribution is 7.92. The minimum Gasteiger partial charge on any atom is -0.508 e. The highest BCUT2D eigenvalue weighted by atomic mass is 32.2. The van der Waals surface area contributed by atoms with Crippen LogP contribution in [0, 0.1) is 0 Å². The average Bonchev–Trinajstić information content (AvgIpc) is 3.16. The molecule has 25 heavy (non-hydrogen) atoms. The van der Waals surface area contributed by atoms with Crippen LogP contribution in [0.2, 0.25) is 0 Å². The molecule has 3 aromatic rings. The van der Waals surface area contributed by atoms with Gasteiger partial charge in [-0.15, -0.1) is 15.7 Å². The van der Waals surface area contributed by atoms with Gasteiger partial charge in [-0.05, 0) is 35.7 Å². The van der Waals surface area contributed by atoms with E-state index in [1.165, 1.54) is 6.07 Å². The van der Waals surface area contributed by atoms with Crippen LogP contribution in [-0.4, -0.2) is 26.4 Å². The van der Waals surface area contributed by atoms with Gasteiger partial charge in [0.05, 0.1) is 0 Å². The topological polar surface area (TPSA) is 70.0 Å². The Balaban J connectivity index is 2.10. The number of anilines is 1. The molecule has 0 aliphatic rings. The molecule has 0 spiro atoms. The number of phenols is 1. The summed E-state index contributed by atoms with van der Waals surface area (Å²) in [7, 11) is -2.07. The Morgan fingerprint density at radius 1 is 1.00 bits per heavy atom.